The van der Waals surface area contributed by atoms with Crippen molar-refractivity contribution in [1.82, 2.24) is 4.98 Å². The first kappa shape index (κ1) is 10.6. The summed E-state index contributed by atoms with van der Waals surface area (Å²) in [5.41, 5.74) is 11.4. The molecular formula is C5H6Cl3N3. The molecule has 1 aromatic rings. The average molecular weight is 214 g/mol. The van der Waals surface area contributed by atoms with Crippen molar-refractivity contribution in [3.8, 4) is 0 Å². The maximum absolute atomic E-state index is 5.52. The lowest BCUT2D eigenvalue weighted by Crippen LogP contribution is -1.96. The van der Waals surface area contributed by atoms with E-state index in [0.29, 0.717) is 5.69 Å². The molecule has 0 aromatic carbocycles. The van der Waals surface area contributed by atoms with Crippen molar-refractivity contribution in [2.45, 2.75) is 0 Å². The second kappa shape index (κ2) is 3.85. The van der Waals surface area contributed by atoms with E-state index in [-0.39, 0.29) is 28.4 Å². The van der Waals surface area contributed by atoms with Gasteiger partial charge in [-0.15, -0.1) is 12.4 Å². The average Bonchev–Trinajstić information content (AvgIpc) is 1.82. The second-order valence-corrected chi connectivity index (χ2v) is 2.48. The Hall–Kier alpha value is -0.380. The number of rotatable bonds is 0. The van der Waals surface area contributed by atoms with Crippen molar-refractivity contribution >= 4 is 47.0 Å². The van der Waals surface area contributed by atoms with Crippen LogP contribution in [0.5, 0.6) is 0 Å². The summed E-state index contributed by atoms with van der Waals surface area (Å²) in [6.45, 7) is 0. The standard InChI is InChI=1S/C5H5Cl2N3.ClH/c6-3-1-2(8)4(9)5(7)10-3;/h1H,9H2,(H2,8,10);1H. The molecule has 0 bridgehead atoms. The van der Waals surface area contributed by atoms with Gasteiger partial charge in [-0.3, -0.25) is 0 Å². The van der Waals surface area contributed by atoms with Gasteiger partial charge in [0.05, 0.1) is 11.4 Å². The molecule has 1 heterocycles. The van der Waals surface area contributed by atoms with Gasteiger partial charge < -0.3 is 11.5 Å². The van der Waals surface area contributed by atoms with Crippen LogP contribution in [0, 0.1) is 0 Å². The number of aromatic nitrogens is 1. The zero-order chi connectivity index (χ0) is 7.72. The van der Waals surface area contributed by atoms with Crippen molar-refractivity contribution in [2.24, 2.45) is 0 Å². The van der Waals surface area contributed by atoms with Crippen LogP contribution in [0.1, 0.15) is 0 Å². The Morgan fingerprint density at radius 3 is 2.27 bits per heavy atom. The summed E-state index contributed by atoms with van der Waals surface area (Å²) in [6, 6.07) is 1.45. The highest BCUT2D eigenvalue weighted by molar-refractivity contribution is 6.34. The summed E-state index contributed by atoms with van der Waals surface area (Å²) in [7, 11) is 0. The van der Waals surface area contributed by atoms with Gasteiger partial charge in [-0.1, -0.05) is 23.2 Å². The maximum atomic E-state index is 5.52. The monoisotopic (exact) mass is 213 g/mol. The molecule has 1 rings (SSSR count). The Kier molecular flexibility index (Phi) is 3.72. The van der Waals surface area contributed by atoms with Crippen LogP contribution in [0.2, 0.25) is 10.3 Å². The molecule has 4 N–H and O–H groups in total. The first-order valence-electron chi connectivity index (χ1n) is 2.48. The fraction of sp³-hybridized carbons (Fsp3) is 0. The smallest absolute Gasteiger partial charge is 0.155 e. The van der Waals surface area contributed by atoms with Gasteiger partial charge in [-0.05, 0) is 0 Å². The summed E-state index contributed by atoms with van der Waals surface area (Å²) in [6.07, 6.45) is 0. The Morgan fingerprint density at radius 1 is 1.27 bits per heavy atom. The van der Waals surface area contributed by atoms with Gasteiger partial charge in [0, 0.05) is 6.07 Å². The lowest BCUT2D eigenvalue weighted by atomic mass is 10.4. The first-order valence-corrected chi connectivity index (χ1v) is 3.24. The number of anilines is 2. The van der Waals surface area contributed by atoms with Crippen LogP contribution in [-0.4, -0.2) is 4.98 Å². The summed E-state index contributed by atoms with van der Waals surface area (Å²) in [5.74, 6) is 0. The first-order chi connectivity index (χ1) is 4.61. The molecule has 0 aliphatic rings. The summed E-state index contributed by atoms with van der Waals surface area (Å²) < 4.78 is 0. The fourth-order valence-corrected chi connectivity index (χ4v) is 0.957. The molecule has 11 heavy (non-hydrogen) atoms. The highest BCUT2D eigenvalue weighted by Crippen LogP contribution is 2.25. The normalized spacial score (nSPS) is 8.91. The Bertz CT molecular complexity index is 240. The number of nitrogen functional groups attached to an aromatic ring is 2. The van der Waals surface area contributed by atoms with Gasteiger partial charge in [-0.2, -0.15) is 0 Å². The van der Waals surface area contributed by atoms with E-state index in [1.54, 1.807) is 0 Å². The van der Waals surface area contributed by atoms with Crippen molar-refractivity contribution in [3.63, 3.8) is 0 Å². The largest absolute Gasteiger partial charge is 0.397 e. The van der Waals surface area contributed by atoms with Crippen LogP contribution in [-0.2, 0) is 0 Å². The quantitative estimate of drug-likeness (QED) is 0.649. The van der Waals surface area contributed by atoms with Gasteiger partial charge >= 0.3 is 0 Å². The molecule has 0 atom stereocenters. The molecule has 0 amide bonds. The van der Waals surface area contributed by atoms with Gasteiger partial charge in [0.15, 0.2) is 5.15 Å². The number of hydrogen-bond donors (Lipinski definition) is 2. The predicted molar refractivity (Wildman–Crippen MR) is 50.3 cm³/mol. The third-order valence-electron chi connectivity index (χ3n) is 1.01. The van der Waals surface area contributed by atoms with E-state index in [1.807, 2.05) is 0 Å². The van der Waals surface area contributed by atoms with Crippen molar-refractivity contribution in [1.29, 1.82) is 0 Å². The predicted octanol–water partition coefficient (Wildman–Crippen LogP) is 1.97. The van der Waals surface area contributed by atoms with Crippen molar-refractivity contribution in [3.05, 3.63) is 16.4 Å². The minimum atomic E-state index is 0. The minimum Gasteiger partial charge on any atom is -0.397 e. The lowest BCUT2D eigenvalue weighted by molar-refractivity contribution is 1.33. The second-order valence-electron chi connectivity index (χ2n) is 1.74. The van der Waals surface area contributed by atoms with E-state index in [1.165, 1.54) is 6.07 Å². The molecule has 0 spiro atoms. The highest BCUT2D eigenvalue weighted by atomic mass is 35.5. The van der Waals surface area contributed by atoms with Gasteiger partial charge in [0.25, 0.3) is 0 Å². The van der Waals surface area contributed by atoms with Crippen LogP contribution in [0.4, 0.5) is 11.4 Å². The van der Waals surface area contributed by atoms with Crippen molar-refractivity contribution < 1.29 is 0 Å². The molecule has 0 unspecified atom stereocenters. The zero-order valence-electron chi connectivity index (χ0n) is 5.34. The Labute approximate surface area is 80.1 Å². The van der Waals surface area contributed by atoms with E-state index < -0.39 is 0 Å². The molecule has 0 aliphatic heterocycles. The number of pyridine rings is 1. The summed E-state index contributed by atoms with van der Waals surface area (Å²) in [5, 5.41) is 0.390. The van der Waals surface area contributed by atoms with E-state index >= 15 is 0 Å². The van der Waals surface area contributed by atoms with Crippen LogP contribution in [0.15, 0.2) is 6.07 Å². The molecule has 0 radical (unpaired) electrons. The number of nitrogens with zero attached hydrogens (tertiary/aromatic N) is 1. The molecular weight excluding hydrogens is 208 g/mol. The molecule has 3 nitrogen and oxygen atoms in total. The number of hydrogen-bond acceptors (Lipinski definition) is 3. The lowest BCUT2D eigenvalue weighted by Gasteiger charge is -2.00. The molecule has 1 aromatic heterocycles. The number of nitrogens with two attached hydrogens (primary N) is 2. The topological polar surface area (TPSA) is 64.9 Å². The molecule has 6 heteroatoms. The third-order valence-corrected chi connectivity index (χ3v) is 1.49. The van der Waals surface area contributed by atoms with Crippen LogP contribution >= 0.6 is 35.6 Å². The molecule has 0 saturated heterocycles. The van der Waals surface area contributed by atoms with E-state index in [9.17, 15) is 0 Å². The summed E-state index contributed by atoms with van der Waals surface area (Å²) in [4.78, 5) is 3.66. The number of halogens is 3. The van der Waals surface area contributed by atoms with Gasteiger partial charge in [-0.25, -0.2) is 4.98 Å². The van der Waals surface area contributed by atoms with E-state index in [2.05, 4.69) is 4.98 Å². The molecule has 0 aliphatic carbocycles. The fourth-order valence-electron chi connectivity index (χ4n) is 0.511. The van der Waals surface area contributed by atoms with Crippen molar-refractivity contribution in [2.75, 3.05) is 11.5 Å². The van der Waals surface area contributed by atoms with Gasteiger partial charge in [0.1, 0.15) is 5.15 Å². The molecule has 0 saturated carbocycles. The third kappa shape index (κ3) is 2.29. The van der Waals surface area contributed by atoms with Crippen LogP contribution in [0.25, 0.3) is 0 Å². The Morgan fingerprint density at radius 2 is 1.82 bits per heavy atom. The highest BCUT2D eigenvalue weighted by Gasteiger charge is 2.02. The van der Waals surface area contributed by atoms with E-state index in [0.717, 1.165) is 0 Å². The van der Waals surface area contributed by atoms with Gasteiger partial charge in [0.2, 0.25) is 0 Å². The molecule has 62 valence electrons. The molecule has 0 fully saturated rings. The van der Waals surface area contributed by atoms with Crippen LogP contribution < -0.4 is 11.5 Å². The Balaban J connectivity index is 0.000001000. The minimum absolute atomic E-state index is 0. The maximum Gasteiger partial charge on any atom is 0.155 e. The van der Waals surface area contributed by atoms with Crippen LogP contribution in [0.3, 0.4) is 0 Å². The zero-order valence-corrected chi connectivity index (χ0v) is 7.67. The summed E-state index contributed by atoms with van der Waals surface area (Å²) >= 11 is 11.0. The van der Waals surface area contributed by atoms with E-state index in [4.69, 9.17) is 34.7 Å². The SMILES string of the molecule is Cl.Nc1cc(Cl)nc(Cl)c1N.